The molecule has 1 aromatic carbocycles. The molecule has 3 heteroatoms. The summed E-state index contributed by atoms with van der Waals surface area (Å²) in [5, 5.41) is 0. The topological polar surface area (TPSA) is 37.4 Å². The second kappa shape index (κ2) is 15.0. The number of unbranched alkanes of at least 4 members (excludes halogenated alkanes) is 9. The van der Waals surface area contributed by atoms with Crippen LogP contribution in [0.1, 0.15) is 76.7 Å². The third-order valence-corrected chi connectivity index (χ3v) is 4.67. The third-order valence-electron chi connectivity index (χ3n) is 4.67. The van der Waals surface area contributed by atoms with Gasteiger partial charge >= 0.3 is 0 Å². The fourth-order valence-electron chi connectivity index (χ4n) is 3.00. The number of hydrogen-bond donors (Lipinski definition) is 0. The van der Waals surface area contributed by atoms with Gasteiger partial charge in [0.1, 0.15) is 0 Å². The Morgan fingerprint density at radius 2 is 1.26 bits per heavy atom. The van der Waals surface area contributed by atoms with E-state index in [1.54, 1.807) is 0 Å². The van der Waals surface area contributed by atoms with Gasteiger partial charge in [0, 0.05) is 18.7 Å². The van der Waals surface area contributed by atoms with Crippen molar-refractivity contribution in [1.82, 2.24) is 4.90 Å². The second-order valence-electron chi connectivity index (χ2n) is 6.96. The SMILES string of the molecule is C=Cc1ccccc1.CCCCCCCCCCCCN1C(=O)C=CC1=O. The highest BCUT2D eigenvalue weighted by Gasteiger charge is 2.21. The number of amides is 2. The molecule has 27 heavy (non-hydrogen) atoms. The number of imide groups is 1. The van der Waals surface area contributed by atoms with E-state index in [-0.39, 0.29) is 11.8 Å². The summed E-state index contributed by atoms with van der Waals surface area (Å²) < 4.78 is 0. The first-order valence-corrected chi connectivity index (χ1v) is 10.4. The Kier molecular flexibility index (Phi) is 12.7. The lowest BCUT2D eigenvalue weighted by atomic mass is 10.1. The maximum Gasteiger partial charge on any atom is 0.253 e. The first-order chi connectivity index (χ1) is 13.2. The minimum atomic E-state index is -0.152. The Bertz CT molecular complexity index is 559. The van der Waals surface area contributed by atoms with Gasteiger partial charge in [-0.05, 0) is 12.0 Å². The first kappa shape index (κ1) is 22.9. The number of carbonyl (C=O) groups excluding carboxylic acids is 2. The van der Waals surface area contributed by atoms with E-state index in [0.717, 1.165) is 12.8 Å². The van der Waals surface area contributed by atoms with Crippen LogP contribution in [-0.4, -0.2) is 23.3 Å². The molecular formula is C24H35NO2. The van der Waals surface area contributed by atoms with Crippen molar-refractivity contribution in [2.45, 2.75) is 71.1 Å². The number of nitrogens with zero attached hydrogens (tertiary/aromatic N) is 1. The van der Waals surface area contributed by atoms with Gasteiger partial charge in [-0.1, -0.05) is 108 Å². The fourth-order valence-corrected chi connectivity index (χ4v) is 3.00. The Labute approximate surface area is 165 Å². The average Bonchev–Trinajstić information content (AvgIpc) is 3.02. The van der Waals surface area contributed by atoms with E-state index in [2.05, 4.69) is 13.5 Å². The van der Waals surface area contributed by atoms with E-state index in [0.29, 0.717) is 6.54 Å². The predicted octanol–water partition coefficient (Wildman–Crippen LogP) is 6.16. The van der Waals surface area contributed by atoms with Crippen molar-refractivity contribution in [2.24, 2.45) is 0 Å². The molecule has 0 saturated carbocycles. The lowest BCUT2D eigenvalue weighted by Crippen LogP contribution is -2.30. The summed E-state index contributed by atoms with van der Waals surface area (Å²) >= 11 is 0. The van der Waals surface area contributed by atoms with Crippen LogP contribution in [0.2, 0.25) is 0 Å². The lowest BCUT2D eigenvalue weighted by molar-refractivity contribution is -0.136. The largest absolute Gasteiger partial charge is 0.275 e. The summed E-state index contributed by atoms with van der Waals surface area (Å²) in [6, 6.07) is 10.0. The van der Waals surface area contributed by atoms with Gasteiger partial charge in [-0.2, -0.15) is 0 Å². The van der Waals surface area contributed by atoms with Crippen molar-refractivity contribution < 1.29 is 9.59 Å². The molecule has 0 aromatic heterocycles. The van der Waals surface area contributed by atoms with E-state index in [9.17, 15) is 9.59 Å². The molecule has 1 aliphatic rings. The fraction of sp³-hybridized carbons (Fsp3) is 0.500. The van der Waals surface area contributed by atoms with Crippen LogP contribution in [0.4, 0.5) is 0 Å². The van der Waals surface area contributed by atoms with Crippen molar-refractivity contribution in [2.75, 3.05) is 6.54 Å². The zero-order valence-corrected chi connectivity index (χ0v) is 16.9. The number of hydrogen-bond acceptors (Lipinski definition) is 2. The molecule has 0 spiro atoms. The summed E-state index contributed by atoms with van der Waals surface area (Å²) in [5.41, 5.74) is 1.17. The van der Waals surface area contributed by atoms with Crippen LogP contribution in [0, 0.1) is 0 Å². The van der Waals surface area contributed by atoms with E-state index in [1.165, 1.54) is 74.0 Å². The maximum absolute atomic E-state index is 11.3. The molecule has 3 nitrogen and oxygen atoms in total. The molecule has 0 fully saturated rings. The van der Waals surface area contributed by atoms with Crippen molar-refractivity contribution in [3.8, 4) is 0 Å². The molecule has 0 unspecified atom stereocenters. The molecule has 0 N–H and O–H groups in total. The summed E-state index contributed by atoms with van der Waals surface area (Å²) in [4.78, 5) is 23.9. The van der Waals surface area contributed by atoms with Crippen LogP contribution < -0.4 is 0 Å². The van der Waals surface area contributed by atoms with Gasteiger partial charge in [-0.3, -0.25) is 14.5 Å². The number of benzene rings is 1. The van der Waals surface area contributed by atoms with Gasteiger partial charge in [0.2, 0.25) is 0 Å². The first-order valence-electron chi connectivity index (χ1n) is 10.4. The van der Waals surface area contributed by atoms with Crippen LogP contribution in [0.3, 0.4) is 0 Å². The number of rotatable bonds is 12. The molecule has 0 radical (unpaired) electrons. The zero-order valence-electron chi connectivity index (χ0n) is 16.9. The van der Waals surface area contributed by atoms with Crippen LogP contribution in [0.5, 0.6) is 0 Å². The molecule has 1 aliphatic heterocycles. The van der Waals surface area contributed by atoms with Crippen LogP contribution in [0.25, 0.3) is 6.08 Å². The number of carbonyl (C=O) groups is 2. The van der Waals surface area contributed by atoms with Gasteiger partial charge < -0.3 is 0 Å². The highest BCUT2D eigenvalue weighted by atomic mass is 16.2. The quantitative estimate of drug-likeness (QED) is 0.327. The molecule has 0 aliphatic carbocycles. The minimum absolute atomic E-state index is 0.152. The molecule has 0 atom stereocenters. The third kappa shape index (κ3) is 10.5. The molecule has 2 amide bonds. The monoisotopic (exact) mass is 369 g/mol. The highest BCUT2D eigenvalue weighted by molar-refractivity contribution is 6.12. The molecule has 1 aromatic rings. The maximum atomic E-state index is 11.3. The smallest absolute Gasteiger partial charge is 0.253 e. The lowest BCUT2D eigenvalue weighted by Gasteiger charge is -2.12. The zero-order chi connectivity index (χ0) is 19.7. The Morgan fingerprint density at radius 1 is 0.778 bits per heavy atom. The Hall–Kier alpha value is -2.16. The Morgan fingerprint density at radius 3 is 1.70 bits per heavy atom. The van der Waals surface area contributed by atoms with Crippen molar-refractivity contribution in [1.29, 1.82) is 0 Å². The van der Waals surface area contributed by atoms with Gasteiger partial charge in [0.25, 0.3) is 11.8 Å². The minimum Gasteiger partial charge on any atom is -0.275 e. The standard InChI is InChI=1S/C16H27NO2.C8H8/c1-2-3-4-5-6-7-8-9-10-11-14-17-15(18)12-13-16(17)19;1-2-8-6-4-3-5-7-8/h12-13H,2-11,14H2,1H3;2-7H,1H2. The Balaban J connectivity index is 0.000000377. The van der Waals surface area contributed by atoms with Gasteiger partial charge in [0.05, 0.1) is 0 Å². The van der Waals surface area contributed by atoms with Crippen molar-refractivity contribution in [3.05, 3.63) is 54.6 Å². The second-order valence-corrected chi connectivity index (χ2v) is 6.96. The summed E-state index contributed by atoms with van der Waals surface area (Å²) in [6.45, 7) is 6.46. The molecule has 0 saturated heterocycles. The van der Waals surface area contributed by atoms with Gasteiger partial charge in [-0.25, -0.2) is 0 Å². The highest BCUT2D eigenvalue weighted by Crippen LogP contribution is 2.12. The normalized spacial score (nSPS) is 12.9. The van der Waals surface area contributed by atoms with E-state index >= 15 is 0 Å². The van der Waals surface area contributed by atoms with Crippen molar-refractivity contribution >= 4 is 17.9 Å². The summed E-state index contributed by atoms with van der Waals surface area (Å²) in [6.07, 6.45) is 17.2. The summed E-state index contributed by atoms with van der Waals surface area (Å²) in [5.74, 6) is -0.304. The van der Waals surface area contributed by atoms with Crippen molar-refractivity contribution in [3.63, 3.8) is 0 Å². The van der Waals surface area contributed by atoms with Crippen LogP contribution in [-0.2, 0) is 9.59 Å². The van der Waals surface area contributed by atoms with Gasteiger partial charge in [0.15, 0.2) is 0 Å². The predicted molar refractivity (Wildman–Crippen MR) is 114 cm³/mol. The molecule has 148 valence electrons. The van der Waals surface area contributed by atoms with E-state index in [4.69, 9.17) is 0 Å². The molecular weight excluding hydrogens is 334 g/mol. The average molecular weight is 370 g/mol. The molecule has 0 bridgehead atoms. The molecule has 2 rings (SSSR count). The van der Waals surface area contributed by atoms with E-state index in [1.807, 2.05) is 36.4 Å². The van der Waals surface area contributed by atoms with Crippen LogP contribution >= 0.6 is 0 Å². The molecule has 1 heterocycles. The summed E-state index contributed by atoms with van der Waals surface area (Å²) in [7, 11) is 0. The van der Waals surface area contributed by atoms with E-state index < -0.39 is 0 Å². The van der Waals surface area contributed by atoms with Crippen LogP contribution in [0.15, 0.2) is 49.1 Å². The van der Waals surface area contributed by atoms with Gasteiger partial charge in [-0.15, -0.1) is 0 Å².